The minimum Gasteiger partial charge on any atom is -0.491 e. The minimum atomic E-state index is -3.54. The fourth-order valence-corrected chi connectivity index (χ4v) is 2.50. The van der Waals surface area contributed by atoms with Crippen LogP contribution in [0.4, 0.5) is 0 Å². The molecule has 0 saturated carbocycles. The van der Waals surface area contributed by atoms with E-state index < -0.39 is 16.0 Å². The van der Waals surface area contributed by atoms with E-state index >= 15 is 0 Å². The number of hydrogen-bond acceptors (Lipinski definition) is 5. The summed E-state index contributed by atoms with van der Waals surface area (Å²) < 4.78 is 32.1. The van der Waals surface area contributed by atoms with Crippen LogP contribution in [-0.2, 0) is 14.3 Å². The van der Waals surface area contributed by atoms with Crippen LogP contribution in [0.5, 0.6) is 5.75 Å². The monoisotopic (exact) mass is 377 g/mol. The van der Waals surface area contributed by atoms with Crippen LogP contribution >= 0.6 is 0 Å². The van der Waals surface area contributed by atoms with E-state index in [4.69, 9.17) is 16.2 Å². The van der Waals surface area contributed by atoms with Gasteiger partial charge in [-0.05, 0) is 29.3 Å². The molecule has 0 aliphatic heterocycles. The molecule has 2 rings (SSSR count). The summed E-state index contributed by atoms with van der Waals surface area (Å²) in [6.45, 7) is -0.160. The molecule has 0 fully saturated rings. The molecule has 0 heterocycles. The van der Waals surface area contributed by atoms with Gasteiger partial charge in [0.1, 0.15) is 19.0 Å². The normalized spacial score (nSPS) is 11.0. The average molecular weight is 377 g/mol. The zero-order valence-corrected chi connectivity index (χ0v) is 14.9. The number of amides is 1. The molecule has 0 radical (unpaired) electrons. The summed E-state index contributed by atoms with van der Waals surface area (Å²) in [7, 11) is -3.54. The number of nitrogens with two attached hydrogens (primary N) is 2. The summed E-state index contributed by atoms with van der Waals surface area (Å²) in [6.07, 6.45) is 0.953. The molecule has 0 spiro atoms. The summed E-state index contributed by atoms with van der Waals surface area (Å²) in [5, 5.41) is 0. The Bertz CT molecular complexity index is 907. The minimum absolute atomic E-state index is 0.0127. The Balaban J connectivity index is 2.28. The van der Waals surface area contributed by atoms with E-state index in [1.54, 1.807) is 12.1 Å². The Kier molecular flexibility index (Phi) is 6.31. The van der Waals surface area contributed by atoms with Gasteiger partial charge in [0.2, 0.25) is 0 Å². The number of hydrogen-bond donors (Lipinski definition) is 2. The third-order valence-electron chi connectivity index (χ3n) is 3.14. The molecule has 0 aliphatic rings. The zero-order valence-electron chi connectivity index (χ0n) is 14.1. The van der Waals surface area contributed by atoms with Crippen molar-refractivity contribution in [3.05, 3.63) is 54.1 Å². The first-order chi connectivity index (χ1) is 12.2. The highest BCUT2D eigenvalue weighted by atomic mass is 32.2. The standard InChI is InChI=1S/C17H19N3O5S/c1-26(22,23)25-8-7-24-15-10-13(12-5-3-2-4-6-12)9-14(11-15)16(21)20-17(18)19/h2-6,9-11H,7-8H2,1H3,(H4,18,19,20,21). The van der Waals surface area contributed by atoms with Gasteiger partial charge in [-0.2, -0.15) is 13.4 Å². The molecule has 138 valence electrons. The predicted octanol–water partition coefficient (Wildman–Crippen LogP) is 1.12. The third kappa shape index (κ3) is 6.19. The van der Waals surface area contributed by atoms with E-state index in [1.165, 1.54) is 6.07 Å². The fourth-order valence-electron chi connectivity index (χ4n) is 2.13. The lowest BCUT2D eigenvalue weighted by Gasteiger charge is -2.10. The first-order valence-electron chi connectivity index (χ1n) is 7.56. The van der Waals surface area contributed by atoms with Crippen molar-refractivity contribution in [1.82, 2.24) is 0 Å². The van der Waals surface area contributed by atoms with Gasteiger partial charge in [-0.25, -0.2) is 0 Å². The Morgan fingerprint density at radius 1 is 1.04 bits per heavy atom. The van der Waals surface area contributed by atoms with Crippen LogP contribution in [-0.4, -0.2) is 39.8 Å². The van der Waals surface area contributed by atoms with Crippen molar-refractivity contribution in [3.63, 3.8) is 0 Å². The second-order valence-corrected chi connectivity index (χ2v) is 6.97. The quantitative estimate of drug-likeness (QED) is 0.319. The van der Waals surface area contributed by atoms with Crippen LogP contribution in [0.15, 0.2) is 53.5 Å². The molecule has 8 nitrogen and oxygen atoms in total. The van der Waals surface area contributed by atoms with E-state index in [-0.39, 0.29) is 24.7 Å². The van der Waals surface area contributed by atoms with Crippen LogP contribution in [0.2, 0.25) is 0 Å². The Morgan fingerprint density at radius 2 is 1.73 bits per heavy atom. The van der Waals surface area contributed by atoms with Crippen molar-refractivity contribution in [3.8, 4) is 16.9 Å². The molecule has 0 aromatic heterocycles. The number of benzene rings is 2. The number of ether oxygens (including phenoxy) is 1. The van der Waals surface area contributed by atoms with E-state index in [1.807, 2.05) is 30.3 Å². The van der Waals surface area contributed by atoms with E-state index in [9.17, 15) is 13.2 Å². The maximum atomic E-state index is 12.1. The van der Waals surface area contributed by atoms with Crippen molar-refractivity contribution >= 4 is 22.0 Å². The van der Waals surface area contributed by atoms with Gasteiger partial charge < -0.3 is 16.2 Å². The summed E-state index contributed by atoms with van der Waals surface area (Å²) in [6, 6.07) is 14.2. The number of guanidine groups is 1. The van der Waals surface area contributed by atoms with Gasteiger partial charge in [-0.1, -0.05) is 30.3 Å². The summed E-state index contributed by atoms with van der Waals surface area (Å²) >= 11 is 0. The number of carbonyl (C=O) groups is 1. The Morgan fingerprint density at radius 3 is 2.35 bits per heavy atom. The number of aliphatic imine (C=N–C) groups is 1. The molecule has 9 heteroatoms. The molecule has 2 aromatic rings. The molecular formula is C17H19N3O5S. The van der Waals surface area contributed by atoms with Gasteiger partial charge in [0.25, 0.3) is 16.0 Å². The number of carbonyl (C=O) groups excluding carboxylic acids is 1. The molecule has 1 amide bonds. The van der Waals surface area contributed by atoms with Crippen LogP contribution in [0.25, 0.3) is 11.1 Å². The molecule has 0 aliphatic carbocycles. The fraction of sp³-hybridized carbons (Fsp3) is 0.176. The Labute approximate surface area is 151 Å². The average Bonchev–Trinajstić information content (AvgIpc) is 2.58. The molecule has 26 heavy (non-hydrogen) atoms. The molecule has 0 bridgehead atoms. The summed E-state index contributed by atoms with van der Waals surface area (Å²) in [4.78, 5) is 15.7. The van der Waals surface area contributed by atoms with Gasteiger partial charge in [0, 0.05) is 5.56 Å². The van der Waals surface area contributed by atoms with Crippen LogP contribution in [0.3, 0.4) is 0 Å². The lowest BCUT2D eigenvalue weighted by atomic mass is 10.0. The largest absolute Gasteiger partial charge is 0.491 e. The maximum Gasteiger partial charge on any atom is 0.280 e. The SMILES string of the molecule is CS(=O)(=O)OCCOc1cc(C(=O)N=C(N)N)cc(-c2ccccc2)c1. The van der Waals surface area contributed by atoms with Gasteiger partial charge in [0.05, 0.1) is 6.26 Å². The highest BCUT2D eigenvalue weighted by Gasteiger charge is 2.11. The van der Waals surface area contributed by atoms with Crippen LogP contribution < -0.4 is 16.2 Å². The second-order valence-electron chi connectivity index (χ2n) is 5.33. The van der Waals surface area contributed by atoms with Crippen molar-refractivity contribution in [2.75, 3.05) is 19.5 Å². The first-order valence-corrected chi connectivity index (χ1v) is 9.38. The molecule has 2 aromatic carbocycles. The topological polar surface area (TPSA) is 134 Å². The lowest BCUT2D eigenvalue weighted by molar-refractivity contribution is 0.100. The predicted molar refractivity (Wildman–Crippen MR) is 98.3 cm³/mol. The summed E-state index contributed by atoms with van der Waals surface area (Å²) in [5.74, 6) is -0.596. The Hall–Kier alpha value is -2.91. The van der Waals surface area contributed by atoms with Crippen molar-refractivity contribution in [1.29, 1.82) is 0 Å². The zero-order chi connectivity index (χ0) is 19.2. The van der Waals surface area contributed by atoms with E-state index in [2.05, 4.69) is 9.18 Å². The van der Waals surface area contributed by atoms with Crippen LogP contribution in [0.1, 0.15) is 10.4 Å². The van der Waals surface area contributed by atoms with Crippen molar-refractivity contribution in [2.45, 2.75) is 0 Å². The van der Waals surface area contributed by atoms with Gasteiger partial charge in [-0.3, -0.25) is 8.98 Å². The van der Waals surface area contributed by atoms with Crippen molar-refractivity contribution < 1.29 is 22.1 Å². The number of nitrogens with zero attached hydrogens (tertiary/aromatic N) is 1. The highest BCUT2D eigenvalue weighted by Crippen LogP contribution is 2.26. The molecule has 4 N–H and O–H groups in total. The van der Waals surface area contributed by atoms with Crippen LogP contribution in [0, 0.1) is 0 Å². The van der Waals surface area contributed by atoms with Crippen molar-refractivity contribution in [2.24, 2.45) is 16.5 Å². The smallest absolute Gasteiger partial charge is 0.280 e. The second kappa shape index (κ2) is 8.45. The highest BCUT2D eigenvalue weighted by molar-refractivity contribution is 7.85. The van der Waals surface area contributed by atoms with E-state index in [0.717, 1.165) is 17.4 Å². The molecular weight excluding hydrogens is 358 g/mol. The molecule has 0 unspecified atom stereocenters. The van der Waals surface area contributed by atoms with E-state index in [0.29, 0.717) is 5.75 Å². The molecule has 0 atom stereocenters. The number of rotatable bonds is 7. The third-order valence-corrected chi connectivity index (χ3v) is 3.74. The first kappa shape index (κ1) is 19.4. The molecule has 0 saturated heterocycles. The lowest BCUT2D eigenvalue weighted by Crippen LogP contribution is -2.24. The summed E-state index contributed by atoms with van der Waals surface area (Å²) in [5.41, 5.74) is 12.3. The maximum absolute atomic E-state index is 12.1. The van der Waals surface area contributed by atoms with Gasteiger partial charge in [0.15, 0.2) is 5.96 Å². The van der Waals surface area contributed by atoms with Gasteiger partial charge >= 0.3 is 0 Å². The van der Waals surface area contributed by atoms with Gasteiger partial charge in [-0.15, -0.1) is 0 Å².